The molecule has 0 aliphatic carbocycles. The van der Waals surface area contributed by atoms with Crippen LogP contribution in [0.25, 0.3) is 0 Å². The summed E-state index contributed by atoms with van der Waals surface area (Å²) in [6.45, 7) is 1.14. The molecule has 0 saturated carbocycles. The van der Waals surface area contributed by atoms with E-state index in [1.807, 2.05) is 0 Å². The highest BCUT2D eigenvalue weighted by molar-refractivity contribution is 5.90. The Kier molecular flexibility index (Phi) is 5.14. The van der Waals surface area contributed by atoms with E-state index < -0.39 is 0 Å². The van der Waals surface area contributed by atoms with Gasteiger partial charge in [-0.05, 0) is 57.1 Å². The molecular formula is C16H21N3O. The number of benzene rings is 1. The molecule has 20 heavy (non-hydrogen) atoms. The second kappa shape index (κ2) is 7.06. The van der Waals surface area contributed by atoms with Crippen LogP contribution in [0.5, 0.6) is 0 Å². The van der Waals surface area contributed by atoms with Gasteiger partial charge in [-0.3, -0.25) is 4.79 Å². The van der Waals surface area contributed by atoms with Gasteiger partial charge in [0, 0.05) is 18.2 Å². The van der Waals surface area contributed by atoms with Crippen LogP contribution in [0, 0.1) is 11.3 Å². The zero-order valence-electron chi connectivity index (χ0n) is 11.9. The van der Waals surface area contributed by atoms with Crippen LogP contribution in [0.1, 0.15) is 37.7 Å². The molecule has 1 amide bonds. The molecule has 0 radical (unpaired) electrons. The topological polar surface area (TPSA) is 56.1 Å². The zero-order valence-corrected chi connectivity index (χ0v) is 11.9. The lowest BCUT2D eigenvalue weighted by molar-refractivity contribution is -0.116. The number of nitrogens with zero attached hydrogens (tertiary/aromatic N) is 2. The van der Waals surface area contributed by atoms with Crippen LogP contribution in [0.15, 0.2) is 24.3 Å². The number of nitrogens with one attached hydrogen (secondary N) is 1. The maximum absolute atomic E-state index is 11.9. The molecular weight excluding hydrogens is 250 g/mol. The van der Waals surface area contributed by atoms with Gasteiger partial charge in [0.25, 0.3) is 0 Å². The van der Waals surface area contributed by atoms with Gasteiger partial charge in [-0.2, -0.15) is 5.26 Å². The number of hydrogen-bond donors (Lipinski definition) is 1. The van der Waals surface area contributed by atoms with Gasteiger partial charge in [0.05, 0.1) is 11.6 Å². The summed E-state index contributed by atoms with van der Waals surface area (Å²) >= 11 is 0. The maximum Gasteiger partial charge on any atom is 0.224 e. The number of amides is 1. The summed E-state index contributed by atoms with van der Waals surface area (Å²) in [4.78, 5) is 14.3. The second-order valence-corrected chi connectivity index (χ2v) is 5.41. The number of hydrogen-bond acceptors (Lipinski definition) is 3. The summed E-state index contributed by atoms with van der Waals surface area (Å²) in [5, 5.41) is 11.6. The Morgan fingerprint density at radius 3 is 2.80 bits per heavy atom. The largest absolute Gasteiger partial charge is 0.326 e. The zero-order chi connectivity index (χ0) is 14.4. The predicted octanol–water partition coefficient (Wildman–Crippen LogP) is 2.76. The van der Waals surface area contributed by atoms with Crippen LogP contribution in [0.4, 0.5) is 5.69 Å². The number of likely N-dealkylation sites (tertiary alicyclic amines) is 1. The molecule has 4 heteroatoms. The van der Waals surface area contributed by atoms with Crippen molar-refractivity contribution in [1.82, 2.24) is 4.90 Å². The van der Waals surface area contributed by atoms with E-state index in [0.29, 0.717) is 18.0 Å². The molecule has 1 unspecified atom stereocenters. The van der Waals surface area contributed by atoms with Gasteiger partial charge in [0.1, 0.15) is 0 Å². The number of rotatable bonds is 4. The quantitative estimate of drug-likeness (QED) is 0.916. The Morgan fingerprint density at radius 2 is 2.15 bits per heavy atom. The minimum Gasteiger partial charge on any atom is -0.326 e. The van der Waals surface area contributed by atoms with Gasteiger partial charge in [-0.1, -0.05) is 6.42 Å². The molecule has 1 aliphatic heterocycles. The van der Waals surface area contributed by atoms with Crippen LogP contribution >= 0.6 is 0 Å². The predicted molar refractivity (Wildman–Crippen MR) is 79.3 cm³/mol. The van der Waals surface area contributed by atoms with E-state index in [9.17, 15) is 4.79 Å². The third-order valence-electron chi connectivity index (χ3n) is 3.92. The van der Waals surface area contributed by atoms with Gasteiger partial charge in [-0.25, -0.2) is 0 Å². The lowest BCUT2D eigenvalue weighted by Crippen LogP contribution is -2.36. The average molecular weight is 271 g/mol. The maximum atomic E-state index is 11.9. The molecule has 1 aromatic carbocycles. The average Bonchev–Trinajstić information content (AvgIpc) is 2.47. The fourth-order valence-corrected chi connectivity index (χ4v) is 2.66. The van der Waals surface area contributed by atoms with Crippen molar-refractivity contribution in [2.45, 2.75) is 38.1 Å². The SMILES string of the molecule is CN1CCCCC1CCC(=O)Nc1ccc(C#N)cc1. The molecule has 0 bridgehead atoms. The fraction of sp³-hybridized carbons (Fsp3) is 0.500. The number of carbonyl (C=O) groups excluding carboxylic acids is 1. The molecule has 1 N–H and O–H groups in total. The molecule has 1 heterocycles. The number of carbonyl (C=O) groups is 1. The molecule has 2 rings (SSSR count). The number of nitriles is 1. The molecule has 1 fully saturated rings. The molecule has 106 valence electrons. The Labute approximate surface area is 120 Å². The Balaban J connectivity index is 1.78. The smallest absolute Gasteiger partial charge is 0.224 e. The van der Waals surface area contributed by atoms with Crippen LogP contribution in [-0.4, -0.2) is 30.4 Å². The number of piperidine rings is 1. The normalized spacial score (nSPS) is 19.3. The van der Waals surface area contributed by atoms with Crippen molar-refractivity contribution in [3.05, 3.63) is 29.8 Å². The number of anilines is 1. The van der Waals surface area contributed by atoms with Crippen LogP contribution in [0.2, 0.25) is 0 Å². The molecule has 0 aromatic heterocycles. The van der Waals surface area contributed by atoms with E-state index in [2.05, 4.69) is 23.3 Å². The lowest BCUT2D eigenvalue weighted by Gasteiger charge is -2.32. The Morgan fingerprint density at radius 1 is 1.40 bits per heavy atom. The van der Waals surface area contributed by atoms with Crippen molar-refractivity contribution in [3.8, 4) is 6.07 Å². The van der Waals surface area contributed by atoms with Gasteiger partial charge >= 0.3 is 0 Å². The van der Waals surface area contributed by atoms with Crippen molar-refractivity contribution in [2.75, 3.05) is 18.9 Å². The van der Waals surface area contributed by atoms with Gasteiger partial charge in [-0.15, -0.1) is 0 Å². The van der Waals surface area contributed by atoms with E-state index in [1.54, 1.807) is 24.3 Å². The first-order chi connectivity index (χ1) is 9.69. The van der Waals surface area contributed by atoms with E-state index in [-0.39, 0.29) is 5.91 Å². The first kappa shape index (κ1) is 14.5. The molecule has 1 aromatic rings. The minimum atomic E-state index is 0.0497. The summed E-state index contributed by atoms with van der Waals surface area (Å²) in [5.41, 5.74) is 1.36. The van der Waals surface area contributed by atoms with Crippen molar-refractivity contribution < 1.29 is 4.79 Å². The van der Waals surface area contributed by atoms with Gasteiger partial charge in [0.2, 0.25) is 5.91 Å². The molecule has 0 spiro atoms. The summed E-state index contributed by atoms with van der Waals surface area (Å²) in [7, 11) is 2.14. The fourth-order valence-electron chi connectivity index (χ4n) is 2.66. The summed E-state index contributed by atoms with van der Waals surface area (Å²) in [6, 6.07) is 9.56. The minimum absolute atomic E-state index is 0.0497. The first-order valence-corrected chi connectivity index (χ1v) is 7.19. The van der Waals surface area contributed by atoms with Crippen molar-refractivity contribution in [3.63, 3.8) is 0 Å². The van der Waals surface area contributed by atoms with Crippen LogP contribution in [0.3, 0.4) is 0 Å². The molecule has 1 atom stereocenters. The lowest BCUT2D eigenvalue weighted by atomic mass is 9.98. The first-order valence-electron chi connectivity index (χ1n) is 7.19. The monoisotopic (exact) mass is 271 g/mol. The summed E-state index contributed by atoms with van der Waals surface area (Å²) in [6.07, 6.45) is 5.20. The highest BCUT2D eigenvalue weighted by Crippen LogP contribution is 2.19. The highest BCUT2D eigenvalue weighted by Gasteiger charge is 2.19. The second-order valence-electron chi connectivity index (χ2n) is 5.41. The van der Waals surface area contributed by atoms with Crippen molar-refractivity contribution >= 4 is 11.6 Å². The third kappa shape index (κ3) is 4.07. The van der Waals surface area contributed by atoms with Crippen LogP contribution in [-0.2, 0) is 4.79 Å². The summed E-state index contributed by atoms with van der Waals surface area (Å²) in [5.74, 6) is 0.0497. The highest BCUT2D eigenvalue weighted by atomic mass is 16.1. The summed E-state index contributed by atoms with van der Waals surface area (Å²) < 4.78 is 0. The van der Waals surface area contributed by atoms with E-state index in [0.717, 1.165) is 18.7 Å². The molecule has 4 nitrogen and oxygen atoms in total. The standard InChI is InChI=1S/C16H21N3O/c1-19-11-3-2-4-15(19)9-10-16(20)18-14-7-5-13(12-17)6-8-14/h5-8,15H,2-4,9-11H2,1H3,(H,18,20). The Hall–Kier alpha value is -1.86. The Bertz CT molecular complexity index is 489. The van der Waals surface area contributed by atoms with Gasteiger partial charge < -0.3 is 10.2 Å². The third-order valence-corrected chi connectivity index (χ3v) is 3.92. The van der Waals surface area contributed by atoms with Crippen molar-refractivity contribution in [1.29, 1.82) is 5.26 Å². The molecule has 1 aliphatic rings. The molecule has 1 saturated heterocycles. The van der Waals surface area contributed by atoms with E-state index in [4.69, 9.17) is 5.26 Å². The van der Waals surface area contributed by atoms with Crippen molar-refractivity contribution in [2.24, 2.45) is 0 Å². The van der Waals surface area contributed by atoms with Gasteiger partial charge in [0.15, 0.2) is 0 Å². The van der Waals surface area contributed by atoms with E-state index >= 15 is 0 Å². The van der Waals surface area contributed by atoms with Crippen LogP contribution < -0.4 is 5.32 Å². The van der Waals surface area contributed by atoms with E-state index in [1.165, 1.54) is 19.3 Å².